The number of carboxylic acids is 1. The maximum absolute atomic E-state index is 12.0. The number of nitrogens with zero attached hydrogens (tertiary/aromatic N) is 1. The molecule has 0 saturated heterocycles. The van der Waals surface area contributed by atoms with Crippen LogP contribution in [0.4, 0.5) is 0 Å². The Morgan fingerprint density at radius 3 is 2.00 bits per heavy atom. The molecule has 0 saturated carbocycles. The second kappa shape index (κ2) is 5.98. The van der Waals surface area contributed by atoms with Crippen molar-refractivity contribution in [1.29, 1.82) is 0 Å². The Labute approximate surface area is 136 Å². The van der Waals surface area contributed by atoms with Crippen molar-refractivity contribution in [2.24, 2.45) is 0 Å². The molecule has 0 aromatic heterocycles. The van der Waals surface area contributed by atoms with Crippen LogP contribution in [0.1, 0.15) is 5.56 Å². The highest BCUT2D eigenvalue weighted by Gasteiger charge is 2.43. The van der Waals surface area contributed by atoms with Crippen molar-refractivity contribution in [2.45, 2.75) is 12.5 Å². The van der Waals surface area contributed by atoms with E-state index in [-0.39, 0.29) is 21.1 Å². The summed E-state index contributed by atoms with van der Waals surface area (Å²) in [6, 6.07) is 4.57. The highest BCUT2D eigenvalue weighted by Crippen LogP contribution is 2.31. The van der Waals surface area contributed by atoms with Crippen LogP contribution >= 0.6 is 31.9 Å². The van der Waals surface area contributed by atoms with Gasteiger partial charge in [-0.1, -0.05) is 12.1 Å². The van der Waals surface area contributed by atoms with E-state index in [1.54, 1.807) is 0 Å². The number of hydrogen-bond donors (Lipinski definition) is 2. The molecule has 2 rings (SSSR count). The number of benzene rings is 1. The zero-order valence-corrected chi connectivity index (χ0v) is 13.6. The van der Waals surface area contributed by atoms with Crippen molar-refractivity contribution in [1.82, 2.24) is 4.90 Å². The number of hydrogen-bond acceptors (Lipinski definition) is 4. The van der Waals surface area contributed by atoms with E-state index >= 15 is 0 Å². The minimum atomic E-state index is -1.32. The number of halogens is 2. The van der Waals surface area contributed by atoms with Gasteiger partial charge in [0, 0.05) is 6.42 Å². The summed E-state index contributed by atoms with van der Waals surface area (Å²) in [5, 5.41) is 18.5. The highest BCUT2D eigenvalue weighted by atomic mass is 79.9. The maximum Gasteiger partial charge on any atom is 0.327 e. The minimum Gasteiger partial charge on any atom is -0.508 e. The van der Waals surface area contributed by atoms with Gasteiger partial charge in [-0.25, -0.2) is 4.79 Å². The molecule has 0 fully saturated rings. The van der Waals surface area contributed by atoms with Gasteiger partial charge in [0.25, 0.3) is 11.8 Å². The molecule has 2 N–H and O–H groups in total. The smallest absolute Gasteiger partial charge is 0.327 e. The standard InChI is InChI=1S/C13H9Br2NO5/c14-9-10(15)12(19)16(11(9)18)8(13(20)21)5-6-1-3-7(17)4-2-6/h1-4,8,17H,5H2,(H,20,21). The fourth-order valence-corrected chi connectivity index (χ4v) is 2.64. The third kappa shape index (κ3) is 3.01. The average molecular weight is 419 g/mol. The summed E-state index contributed by atoms with van der Waals surface area (Å²) in [5.74, 6) is -2.63. The maximum atomic E-state index is 12.0. The summed E-state index contributed by atoms with van der Waals surface area (Å²) < 4.78 is 0.00825. The van der Waals surface area contributed by atoms with E-state index in [0.717, 1.165) is 0 Å². The minimum absolute atomic E-state index is 0.00413. The monoisotopic (exact) mass is 417 g/mol. The number of phenolic OH excluding ortho intramolecular Hbond substituents is 1. The van der Waals surface area contributed by atoms with Gasteiger partial charge in [-0.2, -0.15) is 0 Å². The topological polar surface area (TPSA) is 94.9 Å². The summed E-state index contributed by atoms with van der Waals surface area (Å²) in [5.41, 5.74) is 0.583. The van der Waals surface area contributed by atoms with E-state index in [0.29, 0.717) is 10.5 Å². The lowest BCUT2D eigenvalue weighted by molar-refractivity contribution is -0.153. The average Bonchev–Trinajstić information content (AvgIpc) is 2.63. The Bertz CT molecular complexity index is 629. The van der Waals surface area contributed by atoms with Gasteiger partial charge in [-0.15, -0.1) is 0 Å². The quantitative estimate of drug-likeness (QED) is 0.726. The molecule has 1 aliphatic rings. The van der Waals surface area contributed by atoms with E-state index < -0.39 is 23.8 Å². The van der Waals surface area contributed by atoms with Gasteiger partial charge in [0.15, 0.2) is 0 Å². The third-order valence-electron chi connectivity index (χ3n) is 2.97. The first-order chi connectivity index (χ1) is 9.82. The molecule has 110 valence electrons. The SMILES string of the molecule is O=C(O)C(Cc1ccc(O)cc1)N1C(=O)C(Br)=C(Br)C1=O. The highest BCUT2D eigenvalue weighted by molar-refractivity contribution is 9.14. The van der Waals surface area contributed by atoms with Crippen molar-refractivity contribution in [3.05, 3.63) is 38.8 Å². The molecule has 1 aliphatic heterocycles. The van der Waals surface area contributed by atoms with Crippen LogP contribution in [-0.4, -0.2) is 38.9 Å². The Morgan fingerprint density at radius 1 is 1.10 bits per heavy atom. The number of amides is 2. The molecule has 6 nitrogen and oxygen atoms in total. The number of carbonyl (C=O) groups is 3. The van der Waals surface area contributed by atoms with Gasteiger partial charge in [0.2, 0.25) is 0 Å². The summed E-state index contributed by atoms with van der Waals surface area (Å²) in [6.07, 6.45) is -0.0480. The molecule has 1 unspecified atom stereocenters. The number of carbonyl (C=O) groups excluding carboxylic acids is 2. The normalized spacial score (nSPS) is 16.6. The largest absolute Gasteiger partial charge is 0.508 e. The molecule has 2 amide bonds. The predicted molar refractivity (Wildman–Crippen MR) is 80.0 cm³/mol. The molecule has 0 aliphatic carbocycles. The van der Waals surface area contributed by atoms with Gasteiger partial charge in [0.05, 0.1) is 0 Å². The van der Waals surface area contributed by atoms with Crippen LogP contribution in [-0.2, 0) is 20.8 Å². The fourth-order valence-electron chi connectivity index (χ4n) is 1.92. The van der Waals surface area contributed by atoms with Crippen LogP contribution in [0.5, 0.6) is 5.75 Å². The molecule has 8 heteroatoms. The third-order valence-corrected chi connectivity index (χ3v) is 4.97. The van der Waals surface area contributed by atoms with Gasteiger partial charge in [-0.05, 0) is 49.6 Å². The second-order valence-electron chi connectivity index (χ2n) is 4.33. The zero-order valence-electron chi connectivity index (χ0n) is 10.4. The number of imide groups is 1. The van der Waals surface area contributed by atoms with Gasteiger partial charge < -0.3 is 10.2 Å². The zero-order chi connectivity index (χ0) is 15.7. The summed E-state index contributed by atoms with van der Waals surface area (Å²) in [4.78, 5) is 36.1. The molecule has 1 aromatic rings. The number of carboxylic acid groups (broad SMARTS) is 1. The number of aliphatic carboxylic acids is 1. The van der Waals surface area contributed by atoms with Crippen LogP contribution in [0.3, 0.4) is 0 Å². The molecular formula is C13H9Br2NO5. The Balaban J connectivity index is 2.29. The van der Waals surface area contributed by atoms with Crippen LogP contribution in [0.25, 0.3) is 0 Å². The number of aromatic hydroxyl groups is 1. The van der Waals surface area contributed by atoms with E-state index in [9.17, 15) is 24.6 Å². The molecule has 0 spiro atoms. The van der Waals surface area contributed by atoms with Gasteiger partial charge in [-0.3, -0.25) is 14.5 Å². The van der Waals surface area contributed by atoms with E-state index in [4.69, 9.17) is 0 Å². The predicted octanol–water partition coefficient (Wildman–Crippen LogP) is 1.76. The van der Waals surface area contributed by atoms with Crippen LogP contribution in [0.2, 0.25) is 0 Å². The summed E-state index contributed by atoms with van der Waals surface area (Å²) >= 11 is 5.91. The Morgan fingerprint density at radius 2 is 1.57 bits per heavy atom. The lowest BCUT2D eigenvalue weighted by Crippen LogP contribution is -2.46. The van der Waals surface area contributed by atoms with Gasteiger partial charge >= 0.3 is 5.97 Å². The van der Waals surface area contributed by atoms with Crippen molar-refractivity contribution in [2.75, 3.05) is 0 Å². The van der Waals surface area contributed by atoms with Crippen LogP contribution in [0.15, 0.2) is 33.2 Å². The lowest BCUT2D eigenvalue weighted by atomic mass is 10.0. The lowest BCUT2D eigenvalue weighted by Gasteiger charge is -2.22. The summed E-state index contributed by atoms with van der Waals surface area (Å²) in [7, 11) is 0. The van der Waals surface area contributed by atoms with E-state index in [1.165, 1.54) is 24.3 Å². The molecule has 1 atom stereocenters. The molecule has 21 heavy (non-hydrogen) atoms. The first kappa shape index (κ1) is 15.7. The Kier molecular flexibility index (Phi) is 4.48. The second-order valence-corrected chi connectivity index (χ2v) is 5.92. The van der Waals surface area contributed by atoms with Crippen molar-refractivity contribution in [3.63, 3.8) is 0 Å². The van der Waals surface area contributed by atoms with Crippen molar-refractivity contribution in [3.8, 4) is 5.75 Å². The number of phenols is 1. The molecule has 1 aromatic carbocycles. The van der Waals surface area contributed by atoms with Crippen molar-refractivity contribution >= 4 is 49.6 Å². The first-order valence-electron chi connectivity index (χ1n) is 5.76. The fraction of sp³-hybridized carbons (Fsp3) is 0.154. The Hall–Kier alpha value is -1.67. The molecule has 1 heterocycles. The molecule has 0 bridgehead atoms. The van der Waals surface area contributed by atoms with E-state index in [1.807, 2.05) is 0 Å². The van der Waals surface area contributed by atoms with Crippen LogP contribution in [0, 0.1) is 0 Å². The van der Waals surface area contributed by atoms with Crippen molar-refractivity contribution < 1.29 is 24.6 Å². The number of rotatable bonds is 4. The summed E-state index contributed by atoms with van der Waals surface area (Å²) in [6.45, 7) is 0. The van der Waals surface area contributed by atoms with Crippen LogP contribution < -0.4 is 0 Å². The molecule has 0 radical (unpaired) electrons. The molecular weight excluding hydrogens is 410 g/mol. The van der Waals surface area contributed by atoms with Gasteiger partial charge in [0.1, 0.15) is 20.8 Å². The van der Waals surface area contributed by atoms with E-state index in [2.05, 4.69) is 31.9 Å². The first-order valence-corrected chi connectivity index (χ1v) is 7.35.